The molecule has 0 aliphatic rings. The molecule has 0 saturated heterocycles. The lowest BCUT2D eigenvalue weighted by atomic mass is 10.2. The van der Waals surface area contributed by atoms with Gasteiger partial charge in [0.2, 0.25) is 5.82 Å². The first kappa shape index (κ1) is 14.0. The van der Waals surface area contributed by atoms with Gasteiger partial charge in [0.1, 0.15) is 5.69 Å². The number of pyridine rings is 1. The smallest absolute Gasteiger partial charge is 0.333 e. The average molecular weight is 275 g/mol. The first-order valence-corrected chi connectivity index (χ1v) is 6.43. The molecular weight excluding hydrogens is 258 g/mol. The van der Waals surface area contributed by atoms with E-state index in [4.69, 9.17) is 0 Å². The van der Waals surface area contributed by atoms with Crippen molar-refractivity contribution in [3.8, 4) is 0 Å². The Labute approximate surface area is 116 Å². The maximum absolute atomic E-state index is 11.2. The molecule has 106 valence electrons. The lowest BCUT2D eigenvalue weighted by molar-refractivity contribution is -0.384. The minimum absolute atomic E-state index is 0.0228. The van der Waals surface area contributed by atoms with Crippen molar-refractivity contribution in [2.24, 2.45) is 0 Å². The van der Waals surface area contributed by atoms with Crippen molar-refractivity contribution in [3.63, 3.8) is 0 Å². The SMILES string of the molecule is CCn1nc(C)c([N+](=O)[O-])c1NC(C)c1ccccn1. The number of nitrogens with one attached hydrogen (secondary N) is 1. The van der Waals surface area contributed by atoms with E-state index in [0.29, 0.717) is 18.1 Å². The number of hydrogen-bond donors (Lipinski definition) is 1. The summed E-state index contributed by atoms with van der Waals surface area (Å²) >= 11 is 0. The number of anilines is 1. The molecule has 1 atom stereocenters. The molecular formula is C13H17N5O2. The Morgan fingerprint density at radius 2 is 2.25 bits per heavy atom. The number of nitro groups is 1. The first-order chi connectivity index (χ1) is 9.54. The van der Waals surface area contributed by atoms with Crippen molar-refractivity contribution in [1.29, 1.82) is 0 Å². The van der Waals surface area contributed by atoms with E-state index in [-0.39, 0.29) is 11.7 Å². The zero-order chi connectivity index (χ0) is 14.7. The molecule has 0 bridgehead atoms. The van der Waals surface area contributed by atoms with Crippen molar-refractivity contribution in [2.45, 2.75) is 33.4 Å². The molecule has 0 aliphatic carbocycles. The van der Waals surface area contributed by atoms with Crippen molar-refractivity contribution < 1.29 is 4.92 Å². The third-order valence-electron chi connectivity index (χ3n) is 3.06. The largest absolute Gasteiger partial charge is 0.356 e. The summed E-state index contributed by atoms with van der Waals surface area (Å²) in [6, 6.07) is 5.45. The van der Waals surface area contributed by atoms with Crippen LogP contribution in [0.15, 0.2) is 24.4 Å². The molecule has 7 heteroatoms. The van der Waals surface area contributed by atoms with Gasteiger partial charge in [-0.25, -0.2) is 4.68 Å². The minimum Gasteiger partial charge on any atom is -0.356 e. The van der Waals surface area contributed by atoms with E-state index in [1.165, 1.54) is 0 Å². The van der Waals surface area contributed by atoms with E-state index in [9.17, 15) is 10.1 Å². The third-order valence-corrected chi connectivity index (χ3v) is 3.06. The lowest BCUT2D eigenvalue weighted by Gasteiger charge is -2.14. The fraction of sp³-hybridized carbons (Fsp3) is 0.385. The van der Waals surface area contributed by atoms with Crippen LogP contribution in [0.2, 0.25) is 0 Å². The Morgan fingerprint density at radius 3 is 2.80 bits per heavy atom. The second kappa shape index (κ2) is 5.68. The van der Waals surface area contributed by atoms with Crippen LogP contribution < -0.4 is 5.32 Å². The van der Waals surface area contributed by atoms with Crippen LogP contribution in [0.25, 0.3) is 0 Å². The third kappa shape index (κ3) is 2.61. The van der Waals surface area contributed by atoms with Gasteiger partial charge in [-0.15, -0.1) is 0 Å². The Balaban J connectivity index is 2.35. The summed E-state index contributed by atoms with van der Waals surface area (Å²) < 4.78 is 1.60. The van der Waals surface area contributed by atoms with E-state index in [0.717, 1.165) is 5.69 Å². The maximum atomic E-state index is 11.2. The molecule has 0 saturated carbocycles. The highest BCUT2D eigenvalue weighted by Gasteiger charge is 2.26. The zero-order valence-corrected chi connectivity index (χ0v) is 11.7. The maximum Gasteiger partial charge on any atom is 0.333 e. The minimum atomic E-state index is -0.401. The summed E-state index contributed by atoms with van der Waals surface area (Å²) in [7, 11) is 0. The summed E-state index contributed by atoms with van der Waals surface area (Å²) in [6.07, 6.45) is 1.70. The number of aryl methyl sites for hydroxylation is 2. The quantitative estimate of drug-likeness (QED) is 0.669. The van der Waals surface area contributed by atoms with Gasteiger partial charge >= 0.3 is 5.69 Å². The van der Waals surface area contributed by atoms with Gasteiger partial charge in [-0.1, -0.05) is 6.07 Å². The summed E-state index contributed by atoms with van der Waals surface area (Å²) in [5, 5.41) is 18.5. The predicted molar refractivity (Wildman–Crippen MR) is 75.6 cm³/mol. The Hall–Kier alpha value is -2.44. The van der Waals surface area contributed by atoms with E-state index in [1.807, 2.05) is 32.0 Å². The van der Waals surface area contributed by atoms with Gasteiger partial charge in [0.05, 0.1) is 16.7 Å². The molecule has 0 spiro atoms. The molecule has 0 radical (unpaired) electrons. The fourth-order valence-electron chi connectivity index (χ4n) is 2.07. The van der Waals surface area contributed by atoms with Crippen LogP contribution in [-0.2, 0) is 6.54 Å². The Bertz CT molecular complexity index is 609. The lowest BCUT2D eigenvalue weighted by Crippen LogP contribution is -2.13. The molecule has 0 amide bonds. The topological polar surface area (TPSA) is 85.9 Å². The highest BCUT2D eigenvalue weighted by Crippen LogP contribution is 2.30. The molecule has 0 aliphatic heterocycles. The van der Waals surface area contributed by atoms with E-state index in [2.05, 4.69) is 15.4 Å². The fourth-order valence-corrected chi connectivity index (χ4v) is 2.07. The zero-order valence-electron chi connectivity index (χ0n) is 11.7. The van der Waals surface area contributed by atoms with Gasteiger partial charge in [0, 0.05) is 12.7 Å². The van der Waals surface area contributed by atoms with Crippen LogP contribution in [0, 0.1) is 17.0 Å². The Morgan fingerprint density at radius 1 is 1.50 bits per heavy atom. The van der Waals surface area contributed by atoms with Crippen molar-refractivity contribution >= 4 is 11.5 Å². The molecule has 20 heavy (non-hydrogen) atoms. The standard InChI is InChI=1S/C13H17N5O2/c1-4-17-13(12(18(19)20)10(3)16-17)15-9(2)11-7-5-6-8-14-11/h5-9,15H,4H2,1-3H3. The normalized spacial score (nSPS) is 12.2. The van der Waals surface area contributed by atoms with Gasteiger partial charge in [-0.2, -0.15) is 5.10 Å². The molecule has 0 fully saturated rings. The van der Waals surface area contributed by atoms with Gasteiger partial charge in [0.15, 0.2) is 0 Å². The van der Waals surface area contributed by atoms with E-state index < -0.39 is 4.92 Å². The van der Waals surface area contributed by atoms with Gasteiger partial charge < -0.3 is 5.32 Å². The van der Waals surface area contributed by atoms with Crippen molar-refractivity contribution in [3.05, 3.63) is 45.9 Å². The number of hydrogen-bond acceptors (Lipinski definition) is 5. The summed E-state index contributed by atoms with van der Waals surface area (Å²) in [6.45, 7) is 6.01. The number of rotatable bonds is 5. The summed E-state index contributed by atoms with van der Waals surface area (Å²) in [5.41, 5.74) is 1.26. The van der Waals surface area contributed by atoms with Crippen LogP contribution in [0.4, 0.5) is 11.5 Å². The molecule has 0 aromatic carbocycles. The summed E-state index contributed by atoms with van der Waals surface area (Å²) in [5.74, 6) is 0.424. The van der Waals surface area contributed by atoms with Crippen LogP contribution in [0.3, 0.4) is 0 Å². The molecule has 7 nitrogen and oxygen atoms in total. The van der Waals surface area contributed by atoms with Crippen LogP contribution >= 0.6 is 0 Å². The molecule has 2 rings (SSSR count). The van der Waals surface area contributed by atoms with Gasteiger partial charge in [0.25, 0.3) is 0 Å². The van der Waals surface area contributed by atoms with Crippen LogP contribution in [0.1, 0.15) is 31.3 Å². The summed E-state index contributed by atoms with van der Waals surface area (Å²) in [4.78, 5) is 15.0. The average Bonchev–Trinajstić information content (AvgIpc) is 2.75. The van der Waals surface area contributed by atoms with Gasteiger partial charge in [-0.05, 0) is 32.9 Å². The van der Waals surface area contributed by atoms with Crippen molar-refractivity contribution in [1.82, 2.24) is 14.8 Å². The second-order valence-corrected chi connectivity index (χ2v) is 4.48. The highest BCUT2D eigenvalue weighted by atomic mass is 16.6. The molecule has 1 unspecified atom stereocenters. The van der Waals surface area contributed by atoms with Crippen LogP contribution in [-0.4, -0.2) is 19.7 Å². The second-order valence-electron chi connectivity index (χ2n) is 4.48. The van der Waals surface area contributed by atoms with Crippen LogP contribution in [0.5, 0.6) is 0 Å². The predicted octanol–water partition coefficient (Wildman–Crippen LogP) is 2.69. The molecule has 1 N–H and O–H groups in total. The highest BCUT2D eigenvalue weighted by molar-refractivity contribution is 5.60. The molecule has 2 aromatic heterocycles. The van der Waals surface area contributed by atoms with E-state index in [1.54, 1.807) is 17.8 Å². The Kier molecular flexibility index (Phi) is 3.97. The van der Waals surface area contributed by atoms with Crippen molar-refractivity contribution in [2.75, 3.05) is 5.32 Å². The van der Waals surface area contributed by atoms with E-state index >= 15 is 0 Å². The number of nitrogens with zero attached hydrogens (tertiary/aromatic N) is 4. The number of aromatic nitrogens is 3. The molecule has 2 heterocycles. The molecule has 2 aromatic rings. The first-order valence-electron chi connectivity index (χ1n) is 6.43. The monoisotopic (exact) mass is 275 g/mol. The van der Waals surface area contributed by atoms with Gasteiger partial charge in [-0.3, -0.25) is 15.1 Å².